The van der Waals surface area contributed by atoms with Crippen LogP contribution in [0.2, 0.25) is 0 Å². The number of benzene rings is 3. The number of hydrogen-bond acceptors (Lipinski definition) is 3. The van der Waals surface area contributed by atoms with Gasteiger partial charge in [0.1, 0.15) is 18.1 Å². The monoisotopic (exact) mass is 395 g/mol. The average molecular weight is 395 g/mol. The summed E-state index contributed by atoms with van der Waals surface area (Å²) < 4.78 is 7.58. The highest BCUT2D eigenvalue weighted by Gasteiger charge is 2.18. The van der Waals surface area contributed by atoms with Gasteiger partial charge in [0.2, 0.25) is 0 Å². The van der Waals surface area contributed by atoms with Crippen molar-refractivity contribution in [3.8, 4) is 5.75 Å². The quantitative estimate of drug-likeness (QED) is 0.407. The number of nitrogen functional groups attached to an aromatic ring is 1. The second-order valence-electron chi connectivity index (χ2n) is 7.42. The Bertz CT molecular complexity index is 1380. The van der Waals surface area contributed by atoms with Gasteiger partial charge in [-0.1, -0.05) is 42.5 Å². The van der Waals surface area contributed by atoms with Crippen molar-refractivity contribution in [1.82, 2.24) is 9.55 Å². The second kappa shape index (κ2) is 7.12. The number of anilines is 1. The number of hydrogen-bond donors (Lipinski definition) is 2. The van der Waals surface area contributed by atoms with Crippen LogP contribution in [0.1, 0.15) is 21.7 Å². The molecule has 5 rings (SSSR count). The first-order valence-corrected chi connectivity index (χ1v) is 9.81. The summed E-state index contributed by atoms with van der Waals surface area (Å²) in [5.74, 6) is 0.613. The molecular weight excluding hydrogens is 374 g/mol. The van der Waals surface area contributed by atoms with Crippen molar-refractivity contribution in [2.45, 2.75) is 13.5 Å². The van der Waals surface area contributed by atoms with Crippen LogP contribution in [0.4, 0.5) is 5.69 Å². The number of aryl methyl sites for hydroxylation is 1. The molecule has 0 radical (unpaired) electrons. The van der Waals surface area contributed by atoms with Crippen LogP contribution in [0.15, 0.2) is 78.9 Å². The Morgan fingerprint density at radius 1 is 0.967 bits per heavy atom. The van der Waals surface area contributed by atoms with E-state index >= 15 is 0 Å². The first-order chi connectivity index (χ1) is 14.6. The molecule has 0 aliphatic rings. The highest BCUT2D eigenvalue weighted by Crippen LogP contribution is 2.27. The lowest BCUT2D eigenvalue weighted by Crippen LogP contribution is -2.14. The number of fused-ring (bicyclic) bond motifs is 2. The number of para-hydroxylation sites is 1. The molecule has 0 aliphatic carbocycles. The molecule has 5 aromatic rings. The largest absolute Gasteiger partial charge is 0.489 e. The predicted molar refractivity (Wildman–Crippen MR) is 120 cm³/mol. The van der Waals surface area contributed by atoms with Crippen LogP contribution < -0.4 is 10.5 Å². The molecule has 0 spiro atoms. The van der Waals surface area contributed by atoms with Gasteiger partial charge in [-0.3, -0.25) is 9.36 Å². The summed E-state index contributed by atoms with van der Waals surface area (Å²) in [6, 6.07) is 25.3. The van der Waals surface area contributed by atoms with Crippen molar-refractivity contribution in [1.29, 1.82) is 0 Å². The van der Waals surface area contributed by atoms with Gasteiger partial charge in [-0.25, -0.2) is 0 Å². The average Bonchev–Trinajstić information content (AvgIpc) is 3.33. The number of H-pyrrole nitrogens is 1. The second-order valence-corrected chi connectivity index (χ2v) is 7.42. The lowest BCUT2D eigenvalue weighted by atomic mass is 10.2. The van der Waals surface area contributed by atoms with E-state index in [4.69, 9.17) is 10.5 Å². The minimum absolute atomic E-state index is 0.136. The zero-order valence-corrected chi connectivity index (χ0v) is 16.6. The molecule has 0 bridgehead atoms. The molecule has 5 nitrogen and oxygen atoms in total. The number of nitrogens with one attached hydrogen (secondary N) is 1. The normalized spacial score (nSPS) is 11.2. The van der Waals surface area contributed by atoms with E-state index in [1.165, 1.54) is 0 Å². The van der Waals surface area contributed by atoms with Gasteiger partial charge < -0.3 is 15.5 Å². The molecule has 0 saturated carbocycles. The molecule has 148 valence electrons. The van der Waals surface area contributed by atoms with Crippen molar-refractivity contribution in [2.75, 3.05) is 5.73 Å². The third kappa shape index (κ3) is 3.10. The van der Waals surface area contributed by atoms with Crippen LogP contribution in [0.25, 0.3) is 21.8 Å². The number of nitrogens with zero attached hydrogens (tertiary/aromatic N) is 1. The number of carbonyl (C=O) groups is 1. The molecule has 3 aromatic carbocycles. The first-order valence-electron chi connectivity index (χ1n) is 9.81. The van der Waals surface area contributed by atoms with Gasteiger partial charge in [-0.2, -0.15) is 0 Å². The van der Waals surface area contributed by atoms with E-state index in [1.807, 2.05) is 85.8 Å². The molecular formula is C25H21N3O2. The Labute approximate surface area is 173 Å². The molecule has 3 N–H and O–H groups in total. The van der Waals surface area contributed by atoms with Crippen LogP contribution in [0, 0.1) is 6.92 Å². The lowest BCUT2D eigenvalue weighted by Gasteiger charge is -2.07. The zero-order valence-electron chi connectivity index (χ0n) is 16.6. The summed E-state index contributed by atoms with van der Waals surface area (Å²) >= 11 is 0. The summed E-state index contributed by atoms with van der Waals surface area (Å²) in [5.41, 5.74) is 10.8. The van der Waals surface area contributed by atoms with Gasteiger partial charge in [0.25, 0.3) is 5.91 Å². The predicted octanol–water partition coefficient (Wildman–Crippen LogP) is 5.28. The van der Waals surface area contributed by atoms with Crippen LogP contribution in [-0.2, 0) is 6.61 Å². The van der Waals surface area contributed by atoms with Gasteiger partial charge in [0.05, 0.1) is 11.2 Å². The third-order valence-electron chi connectivity index (χ3n) is 5.31. The first kappa shape index (κ1) is 18.1. The molecule has 0 unspecified atom stereocenters. The van der Waals surface area contributed by atoms with Crippen molar-refractivity contribution < 1.29 is 9.53 Å². The van der Waals surface area contributed by atoms with Crippen molar-refractivity contribution in [2.24, 2.45) is 0 Å². The van der Waals surface area contributed by atoms with Gasteiger partial charge in [0.15, 0.2) is 0 Å². The summed E-state index contributed by atoms with van der Waals surface area (Å²) in [4.78, 5) is 16.5. The molecule has 5 heteroatoms. The molecule has 0 atom stereocenters. The fraction of sp³-hybridized carbons (Fsp3) is 0.0800. The maximum atomic E-state index is 13.3. The van der Waals surface area contributed by atoms with E-state index < -0.39 is 0 Å². The molecule has 0 saturated heterocycles. The van der Waals surface area contributed by atoms with E-state index in [0.717, 1.165) is 38.8 Å². The van der Waals surface area contributed by atoms with Crippen LogP contribution in [0.3, 0.4) is 0 Å². The SMILES string of the molecule is Cc1cc2cccc(N)c2n1C(=O)c1cc2ccc(OCc3ccccc3)cc2[nH]1. The Kier molecular flexibility index (Phi) is 4.29. The Balaban J connectivity index is 1.47. The van der Waals surface area contributed by atoms with E-state index in [9.17, 15) is 4.79 Å². The minimum atomic E-state index is -0.136. The van der Waals surface area contributed by atoms with E-state index in [1.54, 1.807) is 4.57 Å². The molecule has 2 heterocycles. The van der Waals surface area contributed by atoms with E-state index in [0.29, 0.717) is 18.0 Å². The van der Waals surface area contributed by atoms with Gasteiger partial charge in [0, 0.05) is 28.0 Å². The van der Waals surface area contributed by atoms with E-state index in [-0.39, 0.29) is 5.91 Å². The molecule has 0 fully saturated rings. The van der Waals surface area contributed by atoms with Gasteiger partial charge >= 0.3 is 0 Å². The Hall–Kier alpha value is -3.99. The van der Waals surface area contributed by atoms with Crippen molar-refractivity contribution >= 4 is 33.4 Å². The summed E-state index contributed by atoms with van der Waals surface area (Å²) in [6.07, 6.45) is 0. The van der Waals surface area contributed by atoms with Crippen molar-refractivity contribution in [3.05, 3.63) is 95.8 Å². The van der Waals surface area contributed by atoms with Crippen LogP contribution in [0.5, 0.6) is 5.75 Å². The zero-order chi connectivity index (χ0) is 20.7. The number of ether oxygens (including phenoxy) is 1. The Morgan fingerprint density at radius 2 is 1.80 bits per heavy atom. The number of nitrogens with two attached hydrogens (primary N) is 1. The lowest BCUT2D eigenvalue weighted by molar-refractivity contribution is 0.0959. The van der Waals surface area contributed by atoms with Crippen LogP contribution >= 0.6 is 0 Å². The smallest absolute Gasteiger partial charge is 0.279 e. The highest BCUT2D eigenvalue weighted by molar-refractivity contribution is 6.07. The standard InChI is InChI=1S/C25H21N3O2/c1-16-12-19-8-5-9-21(26)24(19)28(16)25(29)23-13-18-10-11-20(14-22(18)27-23)30-15-17-6-3-2-4-7-17/h2-14,27H,15,26H2,1H3. The van der Waals surface area contributed by atoms with Crippen LogP contribution in [-0.4, -0.2) is 15.5 Å². The number of aromatic amines is 1. The Morgan fingerprint density at radius 3 is 2.63 bits per heavy atom. The molecule has 30 heavy (non-hydrogen) atoms. The summed E-state index contributed by atoms with van der Waals surface area (Å²) in [5, 5.41) is 1.90. The third-order valence-corrected chi connectivity index (χ3v) is 5.31. The summed E-state index contributed by atoms with van der Waals surface area (Å²) in [6.45, 7) is 2.40. The number of aromatic nitrogens is 2. The summed E-state index contributed by atoms with van der Waals surface area (Å²) in [7, 11) is 0. The highest BCUT2D eigenvalue weighted by atomic mass is 16.5. The van der Waals surface area contributed by atoms with Gasteiger partial charge in [-0.05, 0) is 42.8 Å². The molecule has 2 aromatic heterocycles. The van der Waals surface area contributed by atoms with Crippen molar-refractivity contribution in [3.63, 3.8) is 0 Å². The number of rotatable bonds is 4. The number of carbonyl (C=O) groups excluding carboxylic acids is 1. The maximum Gasteiger partial charge on any atom is 0.279 e. The molecule has 0 aliphatic heterocycles. The molecule has 0 amide bonds. The fourth-order valence-corrected chi connectivity index (χ4v) is 3.85. The maximum absolute atomic E-state index is 13.3. The van der Waals surface area contributed by atoms with Gasteiger partial charge in [-0.15, -0.1) is 0 Å². The van der Waals surface area contributed by atoms with E-state index in [2.05, 4.69) is 4.98 Å². The topological polar surface area (TPSA) is 73.0 Å². The minimum Gasteiger partial charge on any atom is -0.489 e. The fourth-order valence-electron chi connectivity index (χ4n) is 3.85.